The second kappa shape index (κ2) is 4.56. The summed E-state index contributed by atoms with van der Waals surface area (Å²) in [4.78, 5) is 4.07. The molecular weight excluding hydrogens is 301 g/mol. The summed E-state index contributed by atoms with van der Waals surface area (Å²) >= 11 is 15.3. The Morgan fingerprint density at radius 1 is 1.33 bits per heavy atom. The summed E-state index contributed by atoms with van der Waals surface area (Å²) in [5.74, 6) is 0.652. The molecule has 1 heterocycles. The molecule has 0 atom stereocenters. The largest absolute Gasteiger partial charge is 0.443 e. The monoisotopic (exact) mass is 305 g/mol. The molecule has 0 spiro atoms. The molecule has 0 radical (unpaired) electrons. The zero-order valence-corrected chi connectivity index (χ0v) is 10.6. The van der Waals surface area contributed by atoms with E-state index in [1.807, 2.05) is 12.1 Å². The predicted octanol–water partition coefficient (Wildman–Crippen LogP) is 4.54. The molecule has 78 valence electrons. The maximum atomic E-state index is 6.08. The average Bonchev–Trinajstić information content (AvgIpc) is 2.70. The molecule has 0 unspecified atom stereocenters. The normalized spacial score (nSPS) is 10.6. The van der Waals surface area contributed by atoms with Crippen molar-refractivity contribution >= 4 is 39.1 Å². The van der Waals surface area contributed by atoms with E-state index in [9.17, 15) is 0 Å². The number of rotatable bonds is 2. The fourth-order valence-corrected chi connectivity index (χ4v) is 2.05. The number of alkyl halides is 1. The van der Waals surface area contributed by atoms with Gasteiger partial charge in [-0.15, -0.1) is 0 Å². The molecule has 0 aliphatic carbocycles. The van der Waals surface area contributed by atoms with Crippen molar-refractivity contribution in [2.75, 3.05) is 0 Å². The van der Waals surface area contributed by atoms with Crippen molar-refractivity contribution in [1.82, 2.24) is 4.98 Å². The number of halogens is 3. The fourth-order valence-electron chi connectivity index (χ4n) is 1.26. The Labute approximate surface area is 105 Å². The summed E-state index contributed by atoms with van der Waals surface area (Å²) in [7, 11) is 0. The number of hydrogen-bond acceptors (Lipinski definition) is 2. The van der Waals surface area contributed by atoms with Crippen LogP contribution in [0.25, 0.3) is 11.3 Å². The van der Waals surface area contributed by atoms with Crippen LogP contribution < -0.4 is 0 Å². The van der Waals surface area contributed by atoms with Gasteiger partial charge in [-0.1, -0.05) is 45.2 Å². The highest BCUT2D eigenvalue weighted by molar-refractivity contribution is 9.08. The Balaban J connectivity index is 2.59. The number of nitrogens with zero attached hydrogens (tertiary/aromatic N) is 1. The Hall–Kier alpha value is -0.510. The highest BCUT2D eigenvalue weighted by atomic mass is 79.9. The molecule has 2 aromatic rings. The van der Waals surface area contributed by atoms with Crippen LogP contribution in [0.2, 0.25) is 10.0 Å². The van der Waals surface area contributed by atoms with Gasteiger partial charge in [-0.2, -0.15) is 0 Å². The third-order valence-corrected chi connectivity index (χ3v) is 3.31. The quantitative estimate of drug-likeness (QED) is 0.761. The highest BCUT2D eigenvalue weighted by Gasteiger charge is 2.14. The first kappa shape index (κ1) is 11.0. The van der Waals surface area contributed by atoms with E-state index >= 15 is 0 Å². The summed E-state index contributed by atoms with van der Waals surface area (Å²) in [5.41, 5.74) is 1.57. The van der Waals surface area contributed by atoms with Gasteiger partial charge in [0, 0.05) is 10.9 Å². The molecule has 2 rings (SSSR count). The maximum absolute atomic E-state index is 6.08. The summed E-state index contributed by atoms with van der Waals surface area (Å²) in [5, 5.41) is 1.60. The molecule has 0 fully saturated rings. The van der Waals surface area contributed by atoms with E-state index in [0.29, 0.717) is 21.1 Å². The first-order valence-corrected chi connectivity index (χ1v) is 6.04. The van der Waals surface area contributed by atoms with Gasteiger partial charge in [0.1, 0.15) is 0 Å². The molecule has 0 N–H and O–H groups in total. The number of hydrogen-bond donors (Lipinski definition) is 0. The van der Waals surface area contributed by atoms with E-state index in [-0.39, 0.29) is 0 Å². The second-order valence-corrected chi connectivity index (χ2v) is 4.21. The molecule has 1 aromatic carbocycles. The molecule has 0 saturated heterocycles. The van der Waals surface area contributed by atoms with Crippen molar-refractivity contribution in [2.45, 2.75) is 5.33 Å². The topological polar surface area (TPSA) is 26.0 Å². The van der Waals surface area contributed by atoms with Gasteiger partial charge in [0.15, 0.2) is 12.2 Å². The Morgan fingerprint density at radius 3 is 2.87 bits per heavy atom. The Bertz CT molecular complexity index is 484. The third kappa shape index (κ3) is 2.05. The van der Waals surface area contributed by atoms with Gasteiger partial charge in [-0.3, -0.25) is 0 Å². The molecule has 1 aromatic heterocycles. The second-order valence-electron chi connectivity index (χ2n) is 2.86. The van der Waals surface area contributed by atoms with E-state index in [1.54, 1.807) is 6.07 Å². The van der Waals surface area contributed by atoms with E-state index in [1.165, 1.54) is 6.39 Å². The molecule has 0 aliphatic rings. The van der Waals surface area contributed by atoms with E-state index in [4.69, 9.17) is 27.6 Å². The zero-order chi connectivity index (χ0) is 10.8. The van der Waals surface area contributed by atoms with Crippen LogP contribution in [0.1, 0.15) is 5.69 Å². The number of benzene rings is 1. The molecule has 15 heavy (non-hydrogen) atoms. The van der Waals surface area contributed by atoms with Gasteiger partial charge < -0.3 is 4.42 Å². The maximum Gasteiger partial charge on any atom is 0.181 e. The van der Waals surface area contributed by atoms with Gasteiger partial charge in [0.25, 0.3) is 0 Å². The lowest BCUT2D eigenvalue weighted by molar-refractivity contribution is 0.571. The smallest absolute Gasteiger partial charge is 0.181 e. The van der Waals surface area contributed by atoms with Crippen LogP contribution in [0.3, 0.4) is 0 Å². The van der Waals surface area contributed by atoms with E-state index < -0.39 is 0 Å². The van der Waals surface area contributed by atoms with E-state index in [2.05, 4.69) is 20.9 Å². The van der Waals surface area contributed by atoms with Crippen LogP contribution in [0, 0.1) is 0 Å². The van der Waals surface area contributed by atoms with Crippen molar-refractivity contribution in [3.8, 4) is 11.3 Å². The van der Waals surface area contributed by atoms with Crippen LogP contribution in [0.15, 0.2) is 29.0 Å². The lowest BCUT2D eigenvalue weighted by Crippen LogP contribution is -1.84. The van der Waals surface area contributed by atoms with Gasteiger partial charge >= 0.3 is 0 Å². The molecule has 0 saturated carbocycles. The molecular formula is C10H6BrCl2NO. The van der Waals surface area contributed by atoms with Crippen molar-refractivity contribution < 1.29 is 4.42 Å². The summed E-state index contributed by atoms with van der Waals surface area (Å²) in [6.45, 7) is 0. The Morgan fingerprint density at radius 2 is 2.13 bits per heavy atom. The minimum absolute atomic E-state index is 0.484. The highest BCUT2D eigenvalue weighted by Crippen LogP contribution is 2.35. The average molecular weight is 307 g/mol. The van der Waals surface area contributed by atoms with Crippen LogP contribution in [0.5, 0.6) is 0 Å². The van der Waals surface area contributed by atoms with Crippen molar-refractivity contribution in [2.24, 2.45) is 0 Å². The minimum Gasteiger partial charge on any atom is -0.443 e. The standard InChI is InChI=1S/C10H6BrCl2NO/c11-4-8-10(15-5-14-8)6-2-1-3-7(12)9(6)13/h1-3,5H,4H2. The number of oxazole rings is 1. The third-order valence-electron chi connectivity index (χ3n) is 1.96. The first-order chi connectivity index (χ1) is 7.24. The lowest BCUT2D eigenvalue weighted by atomic mass is 10.1. The summed E-state index contributed by atoms with van der Waals surface area (Å²) in [6, 6.07) is 5.41. The minimum atomic E-state index is 0.484. The van der Waals surface area contributed by atoms with Crippen LogP contribution >= 0.6 is 39.1 Å². The van der Waals surface area contributed by atoms with Crippen LogP contribution in [0.4, 0.5) is 0 Å². The SMILES string of the molecule is Clc1cccc(-c2ocnc2CBr)c1Cl. The molecule has 0 bridgehead atoms. The molecule has 0 amide bonds. The van der Waals surface area contributed by atoms with Gasteiger partial charge in [0.05, 0.1) is 15.7 Å². The van der Waals surface area contributed by atoms with Crippen molar-refractivity contribution in [3.05, 3.63) is 40.3 Å². The van der Waals surface area contributed by atoms with Gasteiger partial charge in [-0.05, 0) is 12.1 Å². The number of aromatic nitrogens is 1. The van der Waals surface area contributed by atoms with Crippen LogP contribution in [-0.2, 0) is 5.33 Å². The van der Waals surface area contributed by atoms with Gasteiger partial charge in [0.2, 0.25) is 0 Å². The van der Waals surface area contributed by atoms with Crippen LogP contribution in [-0.4, -0.2) is 4.98 Å². The van der Waals surface area contributed by atoms with Crippen molar-refractivity contribution in [3.63, 3.8) is 0 Å². The van der Waals surface area contributed by atoms with Gasteiger partial charge in [-0.25, -0.2) is 4.98 Å². The lowest BCUT2D eigenvalue weighted by Gasteiger charge is -2.03. The predicted molar refractivity (Wildman–Crippen MR) is 64.6 cm³/mol. The van der Waals surface area contributed by atoms with Crippen molar-refractivity contribution in [1.29, 1.82) is 0 Å². The zero-order valence-electron chi connectivity index (χ0n) is 7.51. The van der Waals surface area contributed by atoms with E-state index in [0.717, 1.165) is 11.3 Å². The first-order valence-electron chi connectivity index (χ1n) is 4.16. The fraction of sp³-hybridized carbons (Fsp3) is 0.100. The molecule has 2 nitrogen and oxygen atoms in total. The molecule has 0 aliphatic heterocycles. The molecule has 5 heteroatoms. The Kier molecular flexibility index (Phi) is 3.34. The summed E-state index contributed by atoms with van der Waals surface area (Å²) < 4.78 is 5.29. The summed E-state index contributed by atoms with van der Waals surface area (Å²) in [6.07, 6.45) is 1.39.